The summed E-state index contributed by atoms with van der Waals surface area (Å²) in [6.45, 7) is 6.56. The number of carbonyl (C=O) groups is 1. The zero-order valence-corrected chi connectivity index (χ0v) is 11.6. The normalized spacial score (nSPS) is 27.1. The Balaban J connectivity index is 2.52. The van der Waals surface area contributed by atoms with E-state index in [2.05, 4.69) is 31.4 Å². The van der Waals surface area contributed by atoms with E-state index in [0.717, 1.165) is 6.42 Å². The van der Waals surface area contributed by atoms with Gasteiger partial charge in [0, 0.05) is 18.3 Å². The summed E-state index contributed by atoms with van der Waals surface area (Å²) in [4.78, 5) is 11.8. The SMILES string of the molecule is CNC(=O)C(CC(C)C)NC1CCSC1C. The molecule has 1 saturated heterocycles. The average molecular weight is 244 g/mol. The van der Waals surface area contributed by atoms with Crippen LogP contribution in [0.25, 0.3) is 0 Å². The Hall–Kier alpha value is -0.220. The van der Waals surface area contributed by atoms with E-state index in [4.69, 9.17) is 0 Å². The van der Waals surface area contributed by atoms with Gasteiger partial charge in [0.05, 0.1) is 6.04 Å². The van der Waals surface area contributed by atoms with Crippen molar-refractivity contribution in [3.05, 3.63) is 0 Å². The van der Waals surface area contributed by atoms with Gasteiger partial charge in [-0.2, -0.15) is 11.8 Å². The van der Waals surface area contributed by atoms with Crippen molar-refractivity contribution >= 4 is 17.7 Å². The first-order chi connectivity index (χ1) is 7.54. The molecule has 3 nitrogen and oxygen atoms in total. The van der Waals surface area contributed by atoms with Crippen molar-refractivity contribution in [2.75, 3.05) is 12.8 Å². The number of likely N-dealkylation sites (N-methyl/N-ethyl adjacent to an activating group) is 1. The van der Waals surface area contributed by atoms with Crippen molar-refractivity contribution in [2.45, 2.75) is 50.9 Å². The van der Waals surface area contributed by atoms with E-state index < -0.39 is 0 Å². The molecule has 1 aliphatic heterocycles. The Kier molecular flexibility index (Phi) is 5.62. The number of nitrogens with one attached hydrogen (secondary N) is 2. The fraction of sp³-hybridized carbons (Fsp3) is 0.917. The van der Waals surface area contributed by atoms with Gasteiger partial charge in [0.1, 0.15) is 0 Å². The molecule has 0 radical (unpaired) electrons. The van der Waals surface area contributed by atoms with Crippen LogP contribution in [-0.2, 0) is 4.79 Å². The van der Waals surface area contributed by atoms with Crippen LogP contribution < -0.4 is 10.6 Å². The third kappa shape index (κ3) is 3.98. The van der Waals surface area contributed by atoms with Gasteiger partial charge in [-0.25, -0.2) is 0 Å². The van der Waals surface area contributed by atoms with E-state index in [1.54, 1.807) is 7.05 Å². The van der Waals surface area contributed by atoms with Crippen LogP contribution in [0.4, 0.5) is 0 Å². The first-order valence-electron chi connectivity index (χ1n) is 6.13. The first-order valence-corrected chi connectivity index (χ1v) is 7.18. The molecule has 94 valence electrons. The molecular formula is C12H24N2OS. The molecule has 1 aliphatic rings. The summed E-state index contributed by atoms with van der Waals surface area (Å²) >= 11 is 1.99. The smallest absolute Gasteiger partial charge is 0.236 e. The van der Waals surface area contributed by atoms with Crippen molar-refractivity contribution in [1.82, 2.24) is 10.6 Å². The molecule has 0 aliphatic carbocycles. The van der Waals surface area contributed by atoms with Crippen LogP contribution in [0.5, 0.6) is 0 Å². The zero-order chi connectivity index (χ0) is 12.1. The molecule has 4 heteroatoms. The van der Waals surface area contributed by atoms with Crippen LogP contribution in [0.1, 0.15) is 33.6 Å². The summed E-state index contributed by atoms with van der Waals surface area (Å²) < 4.78 is 0. The van der Waals surface area contributed by atoms with Gasteiger partial charge in [-0.1, -0.05) is 20.8 Å². The number of amides is 1. The molecule has 0 aromatic carbocycles. The quantitative estimate of drug-likeness (QED) is 0.772. The Morgan fingerprint density at radius 2 is 2.19 bits per heavy atom. The number of carbonyl (C=O) groups excluding carboxylic acids is 1. The molecule has 1 rings (SSSR count). The number of hydrogen-bond donors (Lipinski definition) is 2. The van der Waals surface area contributed by atoms with Gasteiger partial charge in [-0.05, 0) is 24.5 Å². The summed E-state index contributed by atoms with van der Waals surface area (Å²) in [5.74, 6) is 1.87. The van der Waals surface area contributed by atoms with Gasteiger partial charge >= 0.3 is 0 Å². The van der Waals surface area contributed by atoms with Gasteiger partial charge in [-0.3, -0.25) is 4.79 Å². The van der Waals surface area contributed by atoms with E-state index >= 15 is 0 Å². The van der Waals surface area contributed by atoms with Crippen LogP contribution in [0.15, 0.2) is 0 Å². The Labute approximate surface area is 103 Å². The second-order valence-corrected chi connectivity index (χ2v) is 6.42. The van der Waals surface area contributed by atoms with E-state index in [0.29, 0.717) is 17.2 Å². The van der Waals surface area contributed by atoms with Crippen molar-refractivity contribution in [1.29, 1.82) is 0 Å². The van der Waals surface area contributed by atoms with Crippen LogP contribution in [0.3, 0.4) is 0 Å². The number of hydrogen-bond acceptors (Lipinski definition) is 3. The molecule has 2 N–H and O–H groups in total. The largest absolute Gasteiger partial charge is 0.358 e. The van der Waals surface area contributed by atoms with Gasteiger partial charge < -0.3 is 10.6 Å². The third-order valence-corrected chi connectivity index (χ3v) is 4.39. The molecule has 1 heterocycles. The fourth-order valence-corrected chi connectivity index (χ4v) is 3.31. The lowest BCUT2D eigenvalue weighted by Crippen LogP contribution is -2.49. The predicted molar refractivity (Wildman–Crippen MR) is 70.8 cm³/mol. The summed E-state index contributed by atoms with van der Waals surface area (Å²) in [5.41, 5.74) is 0. The van der Waals surface area contributed by atoms with Gasteiger partial charge in [-0.15, -0.1) is 0 Å². The molecule has 1 fully saturated rings. The molecule has 3 unspecified atom stereocenters. The Bertz CT molecular complexity index is 233. The number of rotatable bonds is 5. The van der Waals surface area contributed by atoms with Crippen molar-refractivity contribution in [2.24, 2.45) is 5.92 Å². The van der Waals surface area contributed by atoms with Crippen LogP contribution in [-0.4, -0.2) is 36.0 Å². The molecule has 0 aromatic heterocycles. The zero-order valence-electron chi connectivity index (χ0n) is 10.7. The lowest BCUT2D eigenvalue weighted by atomic mass is 10.0. The highest BCUT2D eigenvalue weighted by molar-refractivity contribution is 8.00. The van der Waals surface area contributed by atoms with Crippen LogP contribution >= 0.6 is 11.8 Å². The van der Waals surface area contributed by atoms with Gasteiger partial charge in [0.25, 0.3) is 0 Å². The molecule has 0 spiro atoms. The lowest BCUT2D eigenvalue weighted by molar-refractivity contribution is -0.123. The monoisotopic (exact) mass is 244 g/mol. The molecule has 0 aromatic rings. The maximum Gasteiger partial charge on any atom is 0.236 e. The highest BCUT2D eigenvalue weighted by atomic mass is 32.2. The van der Waals surface area contributed by atoms with Crippen molar-refractivity contribution < 1.29 is 4.79 Å². The maximum absolute atomic E-state index is 11.8. The summed E-state index contributed by atoms with van der Waals surface area (Å²) in [7, 11) is 1.71. The summed E-state index contributed by atoms with van der Waals surface area (Å²) in [6.07, 6.45) is 2.09. The minimum atomic E-state index is -0.0313. The topological polar surface area (TPSA) is 41.1 Å². The van der Waals surface area contributed by atoms with E-state index in [-0.39, 0.29) is 11.9 Å². The Morgan fingerprint density at radius 1 is 1.50 bits per heavy atom. The maximum atomic E-state index is 11.8. The molecule has 3 atom stereocenters. The standard InChI is InChI=1S/C12H24N2OS/c1-8(2)7-11(12(15)13-4)14-10-5-6-16-9(10)3/h8-11,14H,5-7H2,1-4H3,(H,13,15). The van der Waals surface area contributed by atoms with E-state index in [1.807, 2.05) is 11.8 Å². The molecule has 1 amide bonds. The highest BCUT2D eigenvalue weighted by Crippen LogP contribution is 2.26. The summed E-state index contributed by atoms with van der Waals surface area (Å²) in [5, 5.41) is 6.89. The van der Waals surface area contributed by atoms with Gasteiger partial charge in [0.2, 0.25) is 5.91 Å². The first kappa shape index (κ1) is 13.8. The minimum Gasteiger partial charge on any atom is -0.358 e. The molecular weight excluding hydrogens is 220 g/mol. The van der Waals surface area contributed by atoms with Crippen LogP contribution in [0, 0.1) is 5.92 Å². The molecule has 16 heavy (non-hydrogen) atoms. The van der Waals surface area contributed by atoms with Gasteiger partial charge in [0.15, 0.2) is 0 Å². The summed E-state index contributed by atoms with van der Waals surface area (Å²) in [6, 6.07) is 0.460. The van der Waals surface area contributed by atoms with Crippen molar-refractivity contribution in [3.8, 4) is 0 Å². The Morgan fingerprint density at radius 3 is 2.62 bits per heavy atom. The highest BCUT2D eigenvalue weighted by Gasteiger charge is 2.28. The predicted octanol–water partition coefficient (Wildman–Crippen LogP) is 1.63. The molecule has 0 saturated carbocycles. The van der Waals surface area contributed by atoms with E-state index in [9.17, 15) is 4.79 Å². The number of thioether (sulfide) groups is 1. The van der Waals surface area contributed by atoms with E-state index in [1.165, 1.54) is 12.2 Å². The second-order valence-electron chi connectivity index (χ2n) is 4.93. The molecule has 0 bridgehead atoms. The fourth-order valence-electron chi connectivity index (χ4n) is 2.11. The minimum absolute atomic E-state index is 0.0313. The van der Waals surface area contributed by atoms with Crippen LogP contribution in [0.2, 0.25) is 0 Å². The average Bonchev–Trinajstić information content (AvgIpc) is 2.61. The lowest BCUT2D eigenvalue weighted by Gasteiger charge is -2.25. The third-order valence-electron chi connectivity index (χ3n) is 3.06. The van der Waals surface area contributed by atoms with Crippen molar-refractivity contribution in [3.63, 3.8) is 0 Å². The second kappa shape index (κ2) is 6.50.